The highest BCUT2D eigenvalue weighted by atomic mass is 35.5. The number of rotatable bonds is 4. The van der Waals surface area contributed by atoms with Crippen molar-refractivity contribution < 1.29 is 14.3 Å². The molecule has 0 saturated heterocycles. The van der Waals surface area contributed by atoms with E-state index in [1.165, 1.54) is 0 Å². The number of aryl methyl sites for hydroxylation is 1. The molecule has 0 aliphatic heterocycles. The molecule has 1 aliphatic rings. The smallest absolute Gasteiger partial charge is 0.303 e. The first-order valence-electron chi connectivity index (χ1n) is 6.08. The zero-order valence-corrected chi connectivity index (χ0v) is 11.2. The van der Waals surface area contributed by atoms with Crippen LogP contribution in [0.15, 0.2) is 6.07 Å². The maximum absolute atomic E-state index is 14.2. The van der Waals surface area contributed by atoms with Gasteiger partial charge in [0, 0.05) is 5.92 Å². The SMILES string of the molecule is Cc1cc(Cl)c(F)c(C(CC(=O)O)C2CC2)c1C. The van der Waals surface area contributed by atoms with Crippen molar-refractivity contribution in [2.45, 2.75) is 39.0 Å². The number of carbonyl (C=O) groups is 1. The standard InChI is InChI=1S/C14H16ClFO2/c1-7-5-11(15)14(16)13(8(7)2)10(6-12(17)18)9-3-4-9/h5,9-10H,3-4,6H2,1-2H3,(H,17,18). The van der Waals surface area contributed by atoms with Crippen molar-refractivity contribution >= 4 is 17.6 Å². The normalized spacial score (nSPS) is 16.7. The summed E-state index contributed by atoms with van der Waals surface area (Å²) in [5, 5.41) is 9.07. The van der Waals surface area contributed by atoms with Gasteiger partial charge in [-0.2, -0.15) is 0 Å². The Hall–Kier alpha value is -1.09. The Morgan fingerprint density at radius 1 is 1.56 bits per heavy atom. The molecule has 1 fully saturated rings. The molecule has 18 heavy (non-hydrogen) atoms. The summed E-state index contributed by atoms with van der Waals surface area (Å²) in [6, 6.07) is 1.60. The first-order valence-corrected chi connectivity index (χ1v) is 6.46. The summed E-state index contributed by atoms with van der Waals surface area (Å²) in [5.41, 5.74) is 2.24. The quantitative estimate of drug-likeness (QED) is 0.896. The van der Waals surface area contributed by atoms with Crippen LogP contribution in [0.5, 0.6) is 0 Å². The molecule has 0 bridgehead atoms. The molecule has 2 rings (SSSR count). The molecule has 1 aromatic carbocycles. The monoisotopic (exact) mass is 270 g/mol. The van der Waals surface area contributed by atoms with Gasteiger partial charge in [0.15, 0.2) is 0 Å². The number of hydrogen-bond acceptors (Lipinski definition) is 1. The molecule has 1 aromatic rings. The van der Waals surface area contributed by atoms with Crippen LogP contribution in [0.4, 0.5) is 4.39 Å². The molecule has 0 heterocycles. The number of benzene rings is 1. The molecule has 2 nitrogen and oxygen atoms in total. The van der Waals surface area contributed by atoms with Gasteiger partial charge in [-0.25, -0.2) is 4.39 Å². The van der Waals surface area contributed by atoms with Crippen molar-refractivity contribution in [3.63, 3.8) is 0 Å². The highest BCUT2D eigenvalue weighted by Crippen LogP contribution is 2.47. The minimum atomic E-state index is -0.886. The Balaban J connectivity index is 2.49. The highest BCUT2D eigenvalue weighted by Gasteiger charge is 2.36. The van der Waals surface area contributed by atoms with Crippen molar-refractivity contribution in [3.05, 3.63) is 33.6 Å². The van der Waals surface area contributed by atoms with Gasteiger partial charge in [-0.3, -0.25) is 4.79 Å². The Morgan fingerprint density at radius 2 is 2.17 bits per heavy atom. The third kappa shape index (κ3) is 2.51. The number of halogens is 2. The van der Waals surface area contributed by atoms with Crippen molar-refractivity contribution in [2.24, 2.45) is 5.92 Å². The van der Waals surface area contributed by atoms with Gasteiger partial charge in [0.25, 0.3) is 0 Å². The van der Waals surface area contributed by atoms with E-state index in [4.69, 9.17) is 16.7 Å². The summed E-state index contributed by atoms with van der Waals surface area (Å²) in [7, 11) is 0. The lowest BCUT2D eigenvalue weighted by Crippen LogP contribution is -2.12. The lowest BCUT2D eigenvalue weighted by atomic mass is 9.86. The average Bonchev–Trinajstić information content (AvgIpc) is 3.08. The molecule has 1 saturated carbocycles. The average molecular weight is 271 g/mol. The molecule has 1 N–H and O–H groups in total. The zero-order valence-electron chi connectivity index (χ0n) is 10.5. The van der Waals surface area contributed by atoms with Crippen molar-refractivity contribution in [1.82, 2.24) is 0 Å². The fraction of sp³-hybridized carbons (Fsp3) is 0.500. The van der Waals surface area contributed by atoms with E-state index in [2.05, 4.69) is 0 Å². The molecule has 0 amide bonds. The second-order valence-corrected chi connectivity index (χ2v) is 5.48. The van der Waals surface area contributed by atoms with Crippen LogP contribution in [-0.2, 0) is 4.79 Å². The molecular weight excluding hydrogens is 255 g/mol. The zero-order chi connectivity index (χ0) is 13.4. The number of aliphatic carboxylic acids is 1. The maximum Gasteiger partial charge on any atom is 0.303 e. The summed E-state index contributed by atoms with van der Waals surface area (Å²) >= 11 is 5.87. The maximum atomic E-state index is 14.2. The summed E-state index contributed by atoms with van der Waals surface area (Å²) in [4.78, 5) is 11.0. The molecule has 1 unspecified atom stereocenters. The Labute approximate surface area is 111 Å². The fourth-order valence-electron chi connectivity index (χ4n) is 2.50. The van der Waals surface area contributed by atoms with Gasteiger partial charge >= 0.3 is 5.97 Å². The van der Waals surface area contributed by atoms with Gasteiger partial charge in [-0.05, 0) is 55.4 Å². The lowest BCUT2D eigenvalue weighted by molar-refractivity contribution is -0.137. The van der Waals surface area contributed by atoms with Crippen LogP contribution in [0.1, 0.15) is 41.9 Å². The van der Waals surface area contributed by atoms with Crippen molar-refractivity contribution in [3.8, 4) is 0 Å². The summed E-state index contributed by atoms with van der Waals surface area (Å²) in [5.74, 6) is -1.30. The van der Waals surface area contributed by atoms with Gasteiger partial charge in [0.2, 0.25) is 0 Å². The molecule has 0 aromatic heterocycles. The topological polar surface area (TPSA) is 37.3 Å². The van der Waals surface area contributed by atoms with E-state index in [0.29, 0.717) is 5.56 Å². The molecular formula is C14H16ClFO2. The van der Waals surface area contributed by atoms with E-state index < -0.39 is 11.8 Å². The largest absolute Gasteiger partial charge is 0.481 e. The summed E-state index contributed by atoms with van der Waals surface area (Å²) < 4.78 is 14.2. The van der Waals surface area contributed by atoms with Crippen LogP contribution in [0.25, 0.3) is 0 Å². The Kier molecular flexibility index (Phi) is 3.62. The van der Waals surface area contributed by atoms with E-state index in [1.54, 1.807) is 6.07 Å². The van der Waals surface area contributed by atoms with Gasteiger partial charge in [0.05, 0.1) is 11.4 Å². The Bertz CT molecular complexity index is 469. The third-order valence-electron chi connectivity index (χ3n) is 3.74. The lowest BCUT2D eigenvalue weighted by Gasteiger charge is -2.20. The first kappa shape index (κ1) is 13.3. The van der Waals surface area contributed by atoms with Crippen molar-refractivity contribution in [2.75, 3.05) is 0 Å². The van der Waals surface area contributed by atoms with Crippen LogP contribution in [0, 0.1) is 25.6 Å². The molecule has 0 radical (unpaired) electrons. The van der Waals surface area contributed by atoms with Gasteiger partial charge in [-0.1, -0.05) is 11.6 Å². The predicted octanol–water partition coefficient (Wildman–Crippen LogP) is 4.06. The van der Waals surface area contributed by atoms with Crippen LogP contribution in [0.2, 0.25) is 5.02 Å². The Morgan fingerprint density at radius 3 is 2.67 bits per heavy atom. The molecule has 1 aliphatic carbocycles. The van der Waals surface area contributed by atoms with Gasteiger partial charge in [-0.15, -0.1) is 0 Å². The minimum absolute atomic E-state index is 0.0256. The van der Waals surface area contributed by atoms with E-state index in [9.17, 15) is 9.18 Å². The van der Waals surface area contributed by atoms with E-state index in [1.807, 2.05) is 13.8 Å². The van der Waals surface area contributed by atoms with Gasteiger partial charge in [0.1, 0.15) is 5.82 Å². The number of hydrogen-bond donors (Lipinski definition) is 1. The van der Waals surface area contributed by atoms with Crippen LogP contribution in [0.3, 0.4) is 0 Å². The van der Waals surface area contributed by atoms with Gasteiger partial charge < -0.3 is 5.11 Å². The van der Waals surface area contributed by atoms with Crippen LogP contribution >= 0.6 is 11.6 Å². The summed E-state index contributed by atoms with van der Waals surface area (Å²) in [6.45, 7) is 3.70. The van der Waals surface area contributed by atoms with E-state index >= 15 is 0 Å². The molecule has 1 atom stereocenters. The van der Waals surface area contributed by atoms with E-state index in [-0.39, 0.29) is 23.3 Å². The second-order valence-electron chi connectivity index (χ2n) is 5.07. The second kappa shape index (κ2) is 4.88. The fourth-order valence-corrected chi connectivity index (χ4v) is 2.76. The number of carboxylic acids is 1. The molecule has 0 spiro atoms. The third-order valence-corrected chi connectivity index (χ3v) is 4.02. The molecule has 98 valence electrons. The predicted molar refractivity (Wildman–Crippen MR) is 68.6 cm³/mol. The highest BCUT2D eigenvalue weighted by molar-refractivity contribution is 6.30. The molecule has 4 heteroatoms. The van der Waals surface area contributed by atoms with Crippen molar-refractivity contribution in [1.29, 1.82) is 0 Å². The van der Waals surface area contributed by atoms with E-state index in [0.717, 1.165) is 24.0 Å². The minimum Gasteiger partial charge on any atom is -0.481 e. The van der Waals surface area contributed by atoms with Crippen LogP contribution < -0.4 is 0 Å². The summed E-state index contributed by atoms with van der Waals surface area (Å²) in [6.07, 6.45) is 1.92. The number of carboxylic acid groups (broad SMARTS) is 1. The van der Waals surface area contributed by atoms with Crippen LogP contribution in [-0.4, -0.2) is 11.1 Å². The first-order chi connectivity index (χ1) is 8.41.